The zero-order valence-corrected chi connectivity index (χ0v) is 17.3. The SMILES string of the molecule is CC.CC.CN1CCN(C2Cc3ccccc3Cc3ccccc32)CC1. The Labute approximate surface area is 160 Å². The third kappa shape index (κ3) is 4.75. The number of likely N-dealkylation sites (N-methyl/N-ethyl adjacent to an activating group) is 1. The Morgan fingerprint density at radius 2 is 1.23 bits per heavy atom. The second kappa shape index (κ2) is 10.5. The molecule has 2 aliphatic rings. The number of rotatable bonds is 1. The van der Waals surface area contributed by atoms with E-state index < -0.39 is 0 Å². The minimum absolute atomic E-state index is 0.536. The van der Waals surface area contributed by atoms with Gasteiger partial charge in [-0.05, 0) is 42.1 Å². The number of fused-ring (bicyclic) bond motifs is 2. The molecular weight excluding hydrogens is 316 g/mol. The van der Waals surface area contributed by atoms with E-state index in [9.17, 15) is 0 Å². The summed E-state index contributed by atoms with van der Waals surface area (Å²) in [7, 11) is 2.23. The molecule has 2 nitrogen and oxygen atoms in total. The van der Waals surface area contributed by atoms with E-state index in [-0.39, 0.29) is 0 Å². The molecule has 0 radical (unpaired) electrons. The van der Waals surface area contributed by atoms with Gasteiger partial charge in [-0.3, -0.25) is 4.90 Å². The van der Waals surface area contributed by atoms with Gasteiger partial charge < -0.3 is 4.90 Å². The number of nitrogens with zero attached hydrogens (tertiary/aromatic N) is 2. The summed E-state index contributed by atoms with van der Waals surface area (Å²) < 4.78 is 0. The third-order valence-electron chi connectivity index (χ3n) is 5.31. The van der Waals surface area contributed by atoms with Crippen LogP contribution in [0.25, 0.3) is 0 Å². The summed E-state index contributed by atoms with van der Waals surface area (Å²) in [6.07, 6.45) is 2.23. The fourth-order valence-electron chi connectivity index (χ4n) is 3.93. The van der Waals surface area contributed by atoms with Crippen molar-refractivity contribution in [1.29, 1.82) is 0 Å². The lowest BCUT2D eigenvalue weighted by Gasteiger charge is -2.38. The van der Waals surface area contributed by atoms with Gasteiger partial charge in [0.1, 0.15) is 0 Å². The third-order valence-corrected chi connectivity index (χ3v) is 5.31. The maximum Gasteiger partial charge on any atom is 0.0392 e. The monoisotopic (exact) mass is 352 g/mol. The summed E-state index contributed by atoms with van der Waals surface area (Å²) in [5, 5.41) is 0. The molecule has 1 unspecified atom stereocenters. The molecular formula is C24H36N2. The predicted octanol–water partition coefficient (Wildman–Crippen LogP) is 5.17. The molecule has 0 saturated carbocycles. The van der Waals surface area contributed by atoms with Crippen LogP contribution in [0.5, 0.6) is 0 Å². The van der Waals surface area contributed by atoms with Crippen molar-refractivity contribution in [3.8, 4) is 0 Å². The lowest BCUT2D eigenvalue weighted by Crippen LogP contribution is -2.46. The molecule has 1 aliphatic heterocycles. The summed E-state index contributed by atoms with van der Waals surface area (Å²) >= 11 is 0. The van der Waals surface area contributed by atoms with E-state index in [4.69, 9.17) is 0 Å². The largest absolute Gasteiger partial charge is 0.304 e. The quantitative estimate of drug-likeness (QED) is 0.698. The molecule has 0 amide bonds. The van der Waals surface area contributed by atoms with Gasteiger partial charge in [-0.25, -0.2) is 0 Å². The molecule has 2 aromatic carbocycles. The number of piperazine rings is 1. The van der Waals surface area contributed by atoms with Gasteiger partial charge in [0.15, 0.2) is 0 Å². The van der Waals surface area contributed by atoms with E-state index in [1.54, 1.807) is 5.56 Å². The van der Waals surface area contributed by atoms with Gasteiger partial charge in [-0.1, -0.05) is 76.2 Å². The van der Waals surface area contributed by atoms with Gasteiger partial charge in [0.25, 0.3) is 0 Å². The molecule has 1 fully saturated rings. The van der Waals surface area contributed by atoms with Crippen LogP contribution in [0.4, 0.5) is 0 Å². The first-order valence-electron chi connectivity index (χ1n) is 10.4. The van der Waals surface area contributed by atoms with Crippen molar-refractivity contribution in [3.05, 3.63) is 70.8 Å². The zero-order chi connectivity index (χ0) is 18.9. The van der Waals surface area contributed by atoms with Gasteiger partial charge >= 0.3 is 0 Å². The second-order valence-electron chi connectivity index (χ2n) is 6.70. The summed E-state index contributed by atoms with van der Waals surface area (Å²) in [5.41, 5.74) is 6.09. The van der Waals surface area contributed by atoms with E-state index >= 15 is 0 Å². The fourth-order valence-corrected chi connectivity index (χ4v) is 3.93. The van der Waals surface area contributed by atoms with Crippen molar-refractivity contribution < 1.29 is 0 Å². The van der Waals surface area contributed by atoms with Gasteiger partial charge in [0, 0.05) is 32.2 Å². The summed E-state index contributed by atoms with van der Waals surface area (Å²) in [6, 6.07) is 18.6. The Kier molecular flexibility index (Phi) is 8.34. The van der Waals surface area contributed by atoms with E-state index in [1.807, 2.05) is 27.7 Å². The molecule has 4 rings (SSSR count). The molecule has 142 valence electrons. The lowest BCUT2D eigenvalue weighted by atomic mass is 9.96. The number of benzene rings is 2. The lowest BCUT2D eigenvalue weighted by molar-refractivity contribution is 0.111. The highest BCUT2D eigenvalue weighted by atomic mass is 15.3. The van der Waals surface area contributed by atoms with Gasteiger partial charge in [0.2, 0.25) is 0 Å². The molecule has 26 heavy (non-hydrogen) atoms. The van der Waals surface area contributed by atoms with Crippen molar-refractivity contribution in [2.24, 2.45) is 0 Å². The molecule has 0 aromatic heterocycles. The average Bonchev–Trinajstić information content (AvgIpc) is 2.88. The maximum atomic E-state index is 2.70. The molecule has 0 N–H and O–H groups in total. The highest BCUT2D eigenvalue weighted by Crippen LogP contribution is 2.34. The average molecular weight is 353 g/mol. The van der Waals surface area contributed by atoms with Crippen molar-refractivity contribution in [2.75, 3.05) is 33.2 Å². The maximum absolute atomic E-state index is 2.70. The molecule has 1 saturated heterocycles. The molecule has 1 atom stereocenters. The Morgan fingerprint density at radius 3 is 1.88 bits per heavy atom. The van der Waals surface area contributed by atoms with Gasteiger partial charge in [-0.2, -0.15) is 0 Å². The smallest absolute Gasteiger partial charge is 0.0392 e. The highest BCUT2D eigenvalue weighted by molar-refractivity contribution is 5.42. The Morgan fingerprint density at radius 1 is 0.692 bits per heavy atom. The van der Waals surface area contributed by atoms with Crippen LogP contribution >= 0.6 is 0 Å². The second-order valence-corrected chi connectivity index (χ2v) is 6.70. The normalized spacial score (nSPS) is 19.7. The van der Waals surface area contributed by atoms with Crippen molar-refractivity contribution in [1.82, 2.24) is 9.80 Å². The first kappa shape index (κ1) is 20.7. The standard InChI is InChI=1S/C20H24N2.2C2H6/c1-21-10-12-22(13-11-21)20-15-17-7-3-2-6-16(17)14-18-8-4-5-9-19(18)20;2*1-2/h2-9,20H,10-15H2,1H3;2*1-2H3. The first-order chi connectivity index (χ1) is 12.8. The van der Waals surface area contributed by atoms with Gasteiger partial charge in [0.05, 0.1) is 0 Å². The van der Waals surface area contributed by atoms with Crippen molar-refractivity contribution in [2.45, 2.75) is 46.6 Å². The van der Waals surface area contributed by atoms with Crippen LogP contribution in [0.1, 0.15) is 56.0 Å². The van der Waals surface area contributed by atoms with E-state index in [0.717, 1.165) is 12.8 Å². The summed E-state index contributed by atoms with van der Waals surface area (Å²) in [4.78, 5) is 5.13. The van der Waals surface area contributed by atoms with Crippen molar-refractivity contribution >= 4 is 0 Å². The predicted molar refractivity (Wildman–Crippen MR) is 114 cm³/mol. The molecule has 2 aromatic rings. The van der Waals surface area contributed by atoms with Crippen LogP contribution in [0.15, 0.2) is 48.5 Å². The fraction of sp³-hybridized carbons (Fsp3) is 0.500. The van der Waals surface area contributed by atoms with Crippen LogP contribution in [0, 0.1) is 0 Å². The Bertz CT molecular complexity index is 657. The van der Waals surface area contributed by atoms with Crippen LogP contribution < -0.4 is 0 Å². The Hall–Kier alpha value is -1.64. The topological polar surface area (TPSA) is 6.48 Å². The zero-order valence-electron chi connectivity index (χ0n) is 17.3. The van der Waals surface area contributed by atoms with Crippen LogP contribution in [-0.4, -0.2) is 43.0 Å². The van der Waals surface area contributed by atoms with Crippen LogP contribution in [-0.2, 0) is 12.8 Å². The van der Waals surface area contributed by atoms with Crippen LogP contribution in [0.2, 0.25) is 0 Å². The van der Waals surface area contributed by atoms with E-state index in [0.29, 0.717) is 6.04 Å². The van der Waals surface area contributed by atoms with E-state index in [1.165, 1.54) is 42.9 Å². The molecule has 1 heterocycles. The van der Waals surface area contributed by atoms with Crippen LogP contribution in [0.3, 0.4) is 0 Å². The molecule has 0 spiro atoms. The summed E-state index contributed by atoms with van der Waals surface area (Å²) in [6.45, 7) is 12.7. The minimum atomic E-state index is 0.536. The number of hydrogen-bond donors (Lipinski definition) is 0. The molecule has 0 bridgehead atoms. The number of hydrogen-bond acceptors (Lipinski definition) is 2. The first-order valence-corrected chi connectivity index (χ1v) is 10.4. The van der Waals surface area contributed by atoms with Crippen molar-refractivity contribution in [3.63, 3.8) is 0 Å². The van der Waals surface area contributed by atoms with E-state index in [2.05, 4.69) is 65.4 Å². The molecule has 1 aliphatic carbocycles. The van der Waals surface area contributed by atoms with Gasteiger partial charge in [-0.15, -0.1) is 0 Å². The Balaban J connectivity index is 0.000000570. The summed E-state index contributed by atoms with van der Waals surface area (Å²) in [5.74, 6) is 0. The highest BCUT2D eigenvalue weighted by Gasteiger charge is 2.28. The minimum Gasteiger partial charge on any atom is -0.304 e. The molecule has 2 heteroatoms.